The molecule has 2 N–H and O–H groups in total. The number of thiophene rings is 1. The summed E-state index contributed by atoms with van der Waals surface area (Å²) in [6.45, 7) is 1.17. The molecule has 1 aliphatic carbocycles. The standard InChI is InChI=1S/C16H16BrF2NO3S/c1-16(19)8-2-3-9(18)14(16)11(21)5-4-10(20-15(22)23)12-6-7-13(17)24-12/h2-3,6-7,10,20H,4-5,8H2,1H3,(H,22,23). The fraction of sp³-hybridized carbons (Fsp3) is 0.375. The molecule has 1 heterocycles. The number of nitrogens with one attached hydrogen (secondary N) is 1. The van der Waals surface area contributed by atoms with Crippen LogP contribution in [-0.4, -0.2) is 22.7 Å². The van der Waals surface area contributed by atoms with Crippen LogP contribution >= 0.6 is 27.3 Å². The number of carbonyl (C=O) groups excluding carboxylic acids is 1. The zero-order valence-electron chi connectivity index (χ0n) is 12.8. The Morgan fingerprint density at radius 3 is 2.75 bits per heavy atom. The molecule has 2 rings (SSSR count). The molecule has 0 radical (unpaired) electrons. The number of hydrogen-bond donors (Lipinski definition) is 2. The van der Waals surface area contributed by atoms with Gasteiger partial charge in [0.1, 0.15) is 11.5 Å². The van der Waals surface area contributed by atoms with Crippen molar-refractivity contribution in [1.29, 1.82) is 0 Å². The van der Waals surface area contributed by atoms with Crippen LogP contribution in [0.1, 0.15) is 37.1 Å². The Bertz CT molecular complexity index is 712. The van der Waals surface area contributed by atoms with E-state index < -0.39 is 35.0 Å². The second-order valence-electron chi connectivity index (χ2n) is 5.63. The third-order valence-corrected chi connectivity index (χ3v) is 5.44. The van der Waals surface area contributed by atoms with Crippen molar-refractivity contribution in [3.63, 3.8) is 0 Å². The summed E-state index contributed by atoms with van der Waals surface area (Å²) in [4.78, 5) is 24.0. The minimum atomic E-state index is -2.04. The van der Waals surface area contributed by atoms with Crippen molar-refractivity contribution in [3.8, 4) is 0 Å². The maximum atomic E-state index is 14.4. The Kier molecular flexibility index (Phi) is 5.92. The van der Waals surface area contributed by atoms with Crippen LogP contribution in [0.2, 0.25) is 0 Å². The van der Waals surface area contributed by atoms with Crippen molar-refractivity contribution in [1.82, 2.24) is 5.32 Å². The Labute approximate surface area is 150 Å². The van der Waals surface area contributed by atoms with Crippen LogP contribution in [-0.2, 0) is 4.79 Å². The first kappa shape index (κ1) is 18.8. The van der Waals surface area contributed by atoms with Crippen LogP contribution in [0.4, 0.5) is 13.6 Å². The molecule has 0 aliphatic heterocycles. The Morgan fingerprint density at radius 2 is 2.21 bits per heavy atom. The quantitative estimate of drug-likeness (QED) is 0.675. The molecule has 1 aliphatic rings. The second-order valence-corrected chi connectivity index (χ2v) is 8.13. The van der Waals surface area contributed by atoms with E-state index in [1.165, 1.54) is 24.3 Å². The van der Waals surface area contributed by atoms with E-state index in [9.17, 15) is 18.4 Å². The average molecular weight is 420 g/mol. The predicted octanol–water partition coefficient (Wildman–Crippen LogP) is 5.08. The number of Topliss-reactive ketones (excluding diaryl/α,β-unsaturated/α-hetero) is 1. The van der Waals surface area contributed by atoms with Gasteiger partial charge in [-0.25, -0.2) is 13.6 Å². The summed E-state index contributed by atoms with van der Waals surface area (Å²) in [5.74, 6) is -1.51. The Hall–Kier alpha value is -1.54. The van der Waals surface area contributed by atoms with Crippen molar-refractivity contribution in [2.75, 3.05) is 0 Å². The monoisotopic (exact) mass is 419 g/mol. The molecule has 0 saturated heterocycles. The van der Waals surface area contributed by atoms with Crippen LogP contribution in [0.15, 0.2) is 39.5 Å². The van der Waals surface area contributed by atoms with Crippen LogP contribution < -0.4 is 5.32 Å². The lowest BCUT2D eigenvalue weighted by Gasteiger charge is -2.25. The number of amides is 1. The maximum Gasteiger partial charge on any atom is 0.405 e. The highest BCUT2D eigenvalue weighted by Gasteiger charge is 2.37. The van der Waals surface area contributed by atoms with Gasteiger partial charge in [0.2, 0.25) is 0 Å². The average Bonchev–Trinajstić information content (AvgIpc) is 2.88. The van der Waals surface area contributed by atoms with Crippen molar-refractivity contribution in [2.24, 2.45) is 0 Å². The fourth-order valence-corrected chi connectivity index (χ4v) is 4.10. The summed E-state index contributed by atoms with van der Waals surface area (Å²) < 4.78 is 29.1. The lowest BCUT2D eigenvalue weighted by atomic mass is 9.85. The van der Waals surface area contributed by atoms with Crippen LogP contribution in [0.3, 0.4) is 0 Å². The first-order valence-corrected chi connectivity index (χ1v) is 8.85. The zero-order chi connectivity index (χ0) is 17.9. The lowest BCUT2D eigenvalue weighted by Crippen LogP contribution is -2.30. The van der Waals surface area contributed by atoms with Crippen molar-refractivity contribution in [2.45, 2.75) is 37.9 Å². The summed E-state index contributed by atoms with van der Waals surface area (Å²) in [5, 5.41) is 11.3. The van der Waals surface area contributed by atoms with E-state index in [1.54, 1.807) is 12.1 Å². The van der Waals surface area contributed by atoms with Gasteiger partial charge in [-0.05, 0) is 47.5 Å². The van der Waals surface area contributed by atoms with Gasteiger partial charge in [0.05, 0.1) is 15.4 Å². The summed E-state index contributed by atoms with van der Waals surface area (Å²) in [7, 11) is 0. The van der Waals surface area contributed by atoms with E-state index in [0.29, 0.717) is 0 Å². The summed E-state index contributed by atoms with van der Waals surface area (Å²) >= 11 is 4.63. The van der Waals surface area contributed by atoms with Crippen LogP contribution in [0, 0.1) is 0 Å². The number of hydrogen-bond acceptors (Lipinski definition) is 3. The summed E-state index contributed by atoms with van der Waals surface area (Å²) in [6, 6.07) is 2.89. The van der Waals surface area contributed by atoms with E-state index in [0.717, 1.165) is 14.7 Å². The molecule has 24 heavy (non-hydrogen) atoms. The molecule has 8 heteroatoms. The minimum Gasteiger partial charge on any atom is -0.465 e. The summed E-state index contributed by atoms with van der Waals surface area (Å²) in [5.41, 5.74) is -2.51. The number of alkyl halides is 1. The molecule has 4 nitrogen and oxygen atoms in total. The molecule has 0 saturated carbocycles. The molecule has 2 atom stereocenters. The third kappa shape index (κ3) is 4.51. The fourth-order valence-electron chi connectivity index (χ4n) is 2.59. The number of rotatable bonds is 6. The van der Waals surface area contributed by atoms with Gasteiger partial charge >= 0.3 is 6.09 Å². The van der Waals surface area contributed by atoms with E-state index in [1.807, 2.05) is 0 Å². The van der Waals surface area contributed by atoms with Crippen molar-refractivity contribution < 1.29 is 23.5 Å². The van der Waals surface area contributed by atoms with Crippen LogP contribution in [0.25, 0.3) is 0 Å². The van der Waals surface area contributed by atoms with Crippen molar-refractivity contribution in [3.05, 3.63) is 44.3 Å². The highest BCUT2D eigenvalue weighted by atomic mass is 79.9. The normalized spacial score (nSPS) is 21.7. The lowest BCUT2D eigenvalue weighted by molar-refractivity contribution is -0.117. The molecule has 1 aromatic rings. The Balaban J connectivity index is 2.12. The highest BCUT2D eigenvalue weighted by Crippen LogP contribution is 2.36. The van der Waals surface area contributed by atoms with E-state index in [-0.39, 0.29) is 19.3 Å². The topological polar surface area (TPSA) is 66.4 Å². The SMILES string of the molecule is CC1(F)CC=CC(F)=C1C(=O)CCC(NC(=O)O)c1ccc(Br)s1. The number of ketones is 1. The van der Waals surface area contributed by atoms with Gasteiger partial charge in [-0.15, -0.1) is 11.3 Å². The highest BCUT2D eigenvalue weighted by molar-refractivity contribution is 9.11. The zero-order valence-corrected chi connectivity index (χ0v) is 15.2. The van der Waals surface area contributed by atoms with Gasteiger partial charge in [0.25, 0.3) is 0 Å². The maximum absolute atomic E-state index is 14.4. The molecule has 0 fully saturated rings. The molecule has 1 amide bonds. The molecule has 0 bridgehead atoms. The molecule has 0 aromatic carbocycles. The third-order valence-electron chi connectivity index (χ3n) is 3.70. The van der Waals surface area contributed by atoms with Gasteiger partial charge in [-0.3, -0.25) is 4.79 Å². The first-order valence-electron chi connectivity index (χ1n) is 7.24. The molecule has 1 aromatic heterocycles. The van der Waals surface area contributed by atoms with Gasteiger partial charge in [-0.2, -0.15) is 0 Å². The van der Waals surface area contributed by atoms with Crippen molar-refractivity contribution >= 4 is 39.1 Å². The molecule has 2 unspecified atom stereocenters. The number of halogens is 3. The number of allylic oxidation sites excluding steroid dienone is 4. The smallest absolute Gasteiger partial charge is 0.405 e. The summed E-state index contributed by atoms with van der Waals surface area (Å²) in [6.07, 6.45) is 1.13. The Morgan fingerprint density at radius 1 is 1.50 bits per heavy atom. The molecular formula is C16H16BrF2NO3S. The molecular weight excluding hydrogens is 404 g/mol. The molecule has 130 valence electrons. The molecule has 0 spiro atoms. The van der Waals surface area contributed by atoms with E-state index in [2.05, 4.69) is 21.2 Å². The first-order chi connectivity index (χ1) is 11.2. The number of carbonyl (C=O) groups is 2. The van der Waals surface area contributed by atoms with Crippen LogP contribution in [0.5, 0.6) is 0 Å². The second kappa shape index (κ2) is 7.57. The largest absolute Gasteiger partial charge is 0.465 e. The van der Waals surface area contributed by atoms with E-state index >= 15 is 0 Å². The van der Waals surface area contributed by atoms with Gasteiger partial charge in [0.15, 0.2) is 5.78 Å². The van der Waals surface area contributed by atoms with Gasteiger partial charge in [0, 0.05) is 17.7 Å². The van der Waals surface area contributed by atoms with E-state index in [4.69, 9.17) is 5.11 Å². The van der Waals surface area contributed by atoms with Gasteiger partial charge < -0.3 is 10.4 Å². The predicted molar refractivity (Wildman–Crippen MR) is 91.6 cm³/mol. The minimum absolute atomic E-state index is 0.0594. The van der Waals surface area contributed by atoms with Gasteiger partial charge in [-0.1, -0.05) is 6.08 Å². The number of carboxylic acid groups (broad SMARTS) is 1.